The van der Waals surface area contributed by atoms with Crippen LogP contribution in [0.5, 0.6) is 5.75 Å². The van der Waals surface area contributed by atoms with Crippen molar-refractivity contribution in [1.82, 2.24) is 19.9 Å². The van der Waals surface area contributed by atoms with E-state index in [0.717, 1.165) is 48.6 Å². The maximum Gasteiger partial charge on any atom is 0.180 e. The number of anilines is 1. The molecule has 0 unspecified atom stereocenters. The molecule has 7 nitrogen and oxygen atoms in total. The summed E-state index contributed by atoms with van der Waals surface area (Å²) < 4.78 is 5.86. The van der Waals surface area contributed by atoms with Gasteiger partial charge in [0.05, 0.1) is 6.54 Å². The molecule has 0 atom stereocenters. The fourth-order valence-electron chi connectivity index (χ4n) is 3.80. The fraction of sp³-hybridized carbons (Fsp3) is 0.583. The van der Waals surface area contributed by atoms with Crippen LogP contribution in [-0.2, 0) is 17.6 Å². The minimum atomic E-state index is -0.0202. The zero-order valence-electron chi connectivity index (χ0n) is 19.7. The Kier molecular flexibility index (Phi) is 7.26. The molecule has 2 aromatic rings. The first-order valence-corrected chi connectivity index (χ1v) is 11.0. The van der Waals surface area contributed by atoms with Crippen molar-refractivity contribution in [1.29, 1.82) is 0 Å². The van der Waals surface area contributed by atoms with Crippen LogP contribution in [0.2, 0.25) is 0 Å². The van der Waals surface area contributed by atoms with Crippen molar-refractivity contribution in [2.45, 2.75) is 46.5 Å². The van der Waals surface area contributed by atoms with Crippen molar-refractivity contribution in [2.75, 3.05) is 45.7 Å². The van der Waals surface area contributed by atoms with E-state index in [0.29, 0.717) is 31.1 Å². The zero-order valence-corrected chi connectivity index (χ0v) is 19.7. The summed E-state index contributed by atoms with van der Waals surface area (Å²) in [5.74, 6) is 2.41. The molecule has 0 fully saturated rings. The lowest BCUT2D eigenvalue weighted by atomic mass is 9.90. The number of aromatic nitrogens is 3. The standard InChI is InChI=1S/C24H35N5O2/c1-24(2,3)15-17(30)16-29(6)23-19-8-7-9-20(19)26-22(27-23)21-14-18(10-11-25-21)31-13-12-28(4)5/h10-11,14H,7-9,12-13,15-16H2,1-6H3. The summed E-state index contributed by atoms with van der Waals surface area (Å²) in [7, 11) is 5.98. The number of hydrogen-bond acceptors (Lipinski definition) is 7. The Balaban J connectivity index is 1.84. The first-order valence-electron chi connectivity index (χ1n) is 11.0. The molecule has 31 heavy (non-hydrogen) atoms. The fourth-order valence-corrected chi connectivity index (χ4v) is 3.80. The number of rotatable bonds is 9. The Bertz CT molecular complexity index is 921. The molecule has 168 valence electrons. The number of hydrogen-bond donors (Lipinski definition) is 0. The molecule has 2 aromatic heterocycles. The second-order valence-electron chi connectivity index (χ2n) is 9.81. The molecule has 2 heterocycles. The summed E-state index contributed by atoms with van der Waals surface area (Å²) in [4.78, 5) is 30.8. The summed E-state index contributed by atoms with van der Waals surface area (Å²) in [6.45, 7) is 8.05. The lowest BCUT2D eigenvalue weighted by Crippen LogP contribution is -2.30. The predicted molar refractivity (Wildman–Crippen MR) is 124 cm³/mol. The van der Waals surface area contributed by atoms with Crippen molar-refractivity contribution in [2.24, 2.45) is 5.41 Å². The third-order valence-corrected chi connectivity index (χ3v) is 5.18. The first-order chi connectivity index (χ1) is 14.6. The van der Waals surface area contributed by atoms with Gasteiger partial charge in [0.2, 0.25) is 0 Å². The van der Waals surface area contributed by atoms with Crippen LogP contribution in [0.4, 0.5) is 5.82 Å². The summed E-state index contributed by atoms with van der Waals surface area (Å²) in [5.41, 5.74) is 2.89. The number of pyridine rings is 1. The predicted octanol–water partition coefficient (Wildman–Crippen LogP) is 3.41. The Labute approximate surface area is 185 Å². The Morgan fingerprint density at radius 2 is 1.94 bits per heavy atom. The highest BCUT2D eigenvalue weighted by Gasteiger charge is 2.24. The molecule has 0 bridgehead atoms. The van der Waals surface area contributed by atoms with Crippen LogP contribution in [0, 0.1) is 5.41 Å². The number of Topliss-reactive ketones (excluding diaryl/α,β-unsaturated/α-hetero) is 1. The minimum Gasteiger partial charge on any atom is -0.492 e. The molecule has 0 aromatic carbocycles. The summed E-state index contributed by atoms with van der Waals surface area (Å²) in [6, 6.07) is 3.74. The number of likely N-dealkylation sites (N-methyl/N-ethyl adjacent to an activating group) is 2. The van der Waals surface area contributed by atoms with Crippen molar-refractivity contribution < 1.29 is 9.53 Å². The second-order valence-corrected chi connectivity index (χ2v) is 9.81. The van der Waals surface area contributed by atoms with Gasteiger partial charge in [-0.3, -0.25) is 9.78 Å². The van der Waals surface area contributed by atoms with Crippen molar-refractivity contribution in [3.05, 3.63) is 29.6 Å². The highest BCUT2D eigenvalue weighted by atomic mass is 16.5. The molecule has 0 saturated carbocycles. The van der Waals surface area contributed by atoms with E-state index < -0.39 is 0 Å². The topological polar surface area (TPSA) is 71.5 Å². The first kappa shape index (κ1) is 23.1. The van der Waals surface area contributed by atoms with Crippen LogP contribution in [0.25, 0.3) is 11.5 Å². The third-order valence-electron chi connectivity index (χ3n) is 5.18. The van der Waals surface area contributed by atoms with Crippen molar-refractivity contribution in [3.8, 4) is 17.3 Å². The highest BCUT2D eigenvalue weighted by molar-refractivity contribution is 5.84. The molecular weight excluding hydrogens is 390 g/mol. The maximum absolute atomic E-state index is 12.6. The average molecular weight is 426 g/mol. The monoisotopic (exact) mass is 425 g/mol. The van der Waals surface area contributed by atoms with Gasteiger partial charge in [0, 0.05) is 43.5 Å². The molecule has 0 N–H and O–H groups in total. The average Bonchev–Trinajstić information content (AvgIpc) is 3.14. The molecule has 3 rings (SSSR count). The van der Waals surface area contributed by atoms with Gasteiger partial charge in [-0.15, -0.1) is 0 Å². The molecular formula is C24H35N5O2. The van der Waals surface area contributed by atoms with Gasteiger partial charge in [0.25, 0.3) is 0 Å². The maximum atomic E-state index is 12.6. The normalized spacial score (nSPS) is 13.4. The highest BCUT2D eigenvalue weighted by Crippen LogP contribution is 2.31. The zero-order chi connectivity index (χ0) is 22.6. The number of aryl methyl sites for hydroxylation is 1. The Morgan fingerprint density at radius 1 is 1.16 bits per heavy atom. The Morgan fingerprint density at radius 3 is 2.65 bits per heavy atom. The van der Waals surface area contributed by atoms with Crippen molar-refractivity contribution in [3.63, 3.8) is 0 Å². The van der Waals surface area contributed by atoms with Gasteiger partial charge < -0.3 is 14.5 Å². The second kappa shape index (κ2) is 9.73. The SMILES string of the molecule is CN(C)CCOc1ccnc(-c2nc3c(c(N(C)CC(=O)CC(C)(C)C)n2)CCC3)c1. The number of nitrogens with zero attached hydrogens (tertiary/aromatic N) is 5. The van der Waals surface area contributed by atoms with Crippen molar-refractivity contribution >= 4 is 11.6 Å². The molecule has 7 heteroatoms. The van der Waals surface area contributed by atoms with Gasteiger partial charge in [-0.1, -0.05) is 20.8 Å². The van der Waals surface area contributed by atoms with Gasteiger partial charge >= 0.3 is 0 Å². The molecule has 0 spiro atoms. The van der Waals surface area contributed by atoms with E-state index in [-0.39, 0.29) is 11.2 Å². The number of carbonyl (C=O) groups excluding carboxylic acids is 1. The molecule has 1 aliphatic carbocycles. The van der Waals surface area contributed by atoms with E-state index in [1.807, 2.05) is 38.2 Å². The summed E-state index contributed by atoms with van der Waals surface area (Å²) in [6.07, 6.45) is 5.22. The smallest absolute Gasteiger partial charge is 0.180 e. The molecule has 0 radical (unpaired) electrons. The van der Waals surface area contributed by atoms with E-state index in [1.54, 1.807) is 6.20 Å². The van der Waals surface area contributed by atoms with E-state index in [4.69, 9.17) is 14.7 Å². The lowest BCUT2D eigenvalue weighted by molar-refractivity contribution is -0.119. The molecule has 1 aliphatic rings. The van der Waals surface area contributed by atoms with E-state index in [1.165, 1.54) is 0 Å². The third kappa shape index (κ3) is 6.47. The largest absolute Gasteiger partial charge is 0.492 e. The number of carbonyl (C=O) groups is 1. The number of ether oxygens (including phenoxy) is 1. The van der Waals surface area contributed by atoms with E-state index >= 15 is 0 Å². The Hall–Kier alpha value is -2.54. The quantitative estimate of drug-likeness (QED) is 0.610. The van der Waals surface area contributed by atoms with Crippen LogP contribution in [-0.4, -0.2) is 66.5 Å². The van der Waals surface area contributed by atoms with Crippen LogP contribution >= 0.6 is 0 Å². The number of ketones is 1. The van der Waals surface area contributed by atoms with Crippen LogP contribution in [0.3, 0.4) is 0 Å². The molecule has 0 saturated heterocycles. The van der Waals surface area contributed by atoms with Crippen LogP contribution in [0.15, 0.2) is 18.3 Å². The van der Waals surface area contributed by atoms with Gasteiger partial charge in [0.15, 0.2) is 11.6 Å². The summed E-state index contributed by atoms with van der Waals surface area (Å²) in [5, 5.41) is 0. The molecule has 0 amide bonds. The van der Waals surface area contributed by atoms with E-state index in [2.05, 4.69) is 30.7 Å². The molecule has 0 aliphatic heterocycles. The van der Waals surface area contributed by atoms with Gasteiger partial charge in [-0.2, -0.15) is 0 Å². The summed E-state index contributed by atoms with van der Waals surface area (Å²) >= 11 is 0. The van der Waals surface area contributed by atoms with Gasteiger partial charge in [0.1, 0.15) is 23.9 Å². The lowest BCUT2D eigenvalue weighted by Gasteiger charge is -2.23. The van der Waals surface area contributed by atoms with Gasteiger partial charge in [-0.05, 0) is 44.8 Å². The number of fused-ring (bicyclic) bond motifs is 1. The van der Waals surface area contributed by atoms with Gasteiger partial charge in [-0.25, -0.2) is 9.97 Å². The van der Waals surface area contributed by atoms with Crippen LogP contribution < -0.4 is 9.64 Å². The van der Waals surface area contributed by atoms with E-state index in [9.17, 15) is 4.79 Å². The van der Waals surface area contributed by atoms with Crippen LogP contribution in [0.1, 0.15) is 44.9 Å². The minimum absolute atomic E-state index is 0.0202.